The Hall–Kier alpha value is -3.80. The third-order valence-electron chi connectivity index (χ3n) is 6.89. The SMILES string of the molecule is COc1cc2c(cc1OC)[C@H]1[C@H](C(=O)NCc3ccc(C)cc3)c3ccccc3C(=O)N1CC2. The van der Waals surface area contributed by atoms with Crippen molar-refractivity contribution in [3.8, 4) is 11.5 Å². The highest BCUT2D eigenvalue weighted by atomic mass is 16.5. The Bertz CT molecular complexity index is 1250. The van der Waals surface area contributed by atoms with Crippen LogP contribution in [0.4, 0.5) is 0 Å². The number of nitrogens with one attached hydrogen (secondary N) is 1. The van der Waals surface area contributed by atoms with Crippen LogP contribution >= 0.6 is 0 Å². The van der Waals surface area contributed by atoms with Gasteiger partial charge >= 0.3 is 0 Å². The van der Waals surface area contributed by atoms with Crippen molar-refractivity contribution >= 4 is 11.8 Å². The van der Waals surface area contributed by atoms with Crippen molar-refractivity contribution in [1.29, 1.82) is 0 Å². The summed E-state index contributed by atoms with van der Waals surface area (Å²) in [4.78, 5) is 29.0. The maximum absolute atomic E-state index is 13.7. The van der Waals surface area contributed by atoms with E-state index in [0.717, 1.165) is 22.3 Å². The van der Waals surface area contributed by atoms with Gasteiger partial charge in [0.1, 0.15) is 0 Å². The number of methoxy groups -OCH3 is 2. The van der Waals surface area contributed by atoms with Crippen molar-refractivity contribution in [2.75, 3.05) is 20.8 Å². The van der Waals surface area contributed by atoms with Gasteiger partial charge in [0.05, 0.1) is 26.2 Å². The molecule has 3 aromatic carbocycles. The molecule has 0 aliphatic carbocycles. The van der Waals surface area contributed by atoms with E-state index in [1.54, 1.807) is 14.2 Å². The lowest BCUT2D eigenvalue weighted by atomic mass is 9.75. The summed E-state index contributed by atoms with van der Waals surface area (Å²) in [7, 11) is 3.21. The van der Waals surface area contributed by atoms with E-state index < -0.39 is 12.0 Å². The lowest BCUT2D eigenvalue weighted by Crippen LogP contribution is -2.50. The molecule has 0 saturated carbocycles. The monoisotopic (exact) mass is 456 g/mol. The molecule has 174 valence electrons. The fraction of sp³-hybridized carbons (Fsp3) is 0.286. The Kier molecular flexibility index (Phi) is 5.74. The van der Waals surface area contributed by atoms with Crippen molar-refractivity contribution in [2.45, 2.75) is 31.8 Å². The summed E-state index contributed by atoms with van der Waals surface area (Å²) in [5.74, 6) is 0.573. The molecule has 2 atom stereocenters. The number of ether oxygens (including phenoxy) is 2. The summed E-state index contributed by atoms with van der Waals surface area (Å²) in [6, 6.07) is 19.1. The van der Waals surface area contributed by atoms with E-state index in [0.29, 0.717) is 36.6 Å². The molecule has 6 heteroatoms. The van der Waals surface area contributed by atoms with E-state index >= 15 is 0 Å². The Labute approximate surface area is 199 Å². The summed E-state index contributed by atoms with van der Waals surface area (Å²) in [5.41, 5.74) is 5.57. The number of aryl methyl sites for hydroxylation is 1. The molecule has 0 bridgehead atoms. The van der Waals surface area contributed by atoms with Gasteiger partial charge in [0.25, 0.3) is 5.91 Å². The van der Waals surface area contributed by atoms with Crippen molar-refractivity contribution in [1.82, 2.24) is 10.2 Å². The van der Waals surface area contributed by atoms with Gasteiger partial charge in [-0.25, -0.2) is 0 Å². The molecule has 0 saturated heterocycles. The van der Waals surface area contributed by atoms with Gasteiger partial charge in [0.2, 0.25) is 5.91 Å². The Morgan fingerprint density at radius 2 is 1.71 bits per heavy atom. The molecular weight excluding hydrogens is 428 g/mol. The van der Waals surface area contributed by atoms with Crippen LogP contribution in [0, 0.1) is 6.92 Å². The fourth-order valence-corrected chi connectivity index (χ4v) is 5.14. The zero-order chi connectivity index (χ0) is 23.8. The minimum absolute atomic E-state index is 0.0383. The Morgan fingerprint density at radius 3 is 2.44 bits per heavy atom. The Morgan fingerprint density at radius 1 is 1.00 bits per heavy atom. The molecule has 1 N–H and O–H groups in total. The molecule has 5 rings (SSSR count). The van der Waals surface area contributed by atoms with Crippen LogP contribution in [0.15, 0.2) is 60.7 Å². The smallest absolute Gasteiger partial charge is 0.254 e. The van der Waals surface area contributed by atoms with Crippen LogP contribution in [0.2, 0.25) is 0 Å². The van der Waals surface area contributed by atoms with Crippen molar-refractivity contribution in [3.05, 3.63) is 94.0 Å². The highest BCUT2D eigenvalue weighted by Gasteiger charge is 2.46. The van der Waals surface area contributed by atoms with Crippen LogP contribution in [-0.2, 0) is 17.8 Å². The zero-order valence-corrected chi connectivity index (χ0v) is 19.6. The average Bonchev–Trinajstić information content (AvgIpc) is 2.87. The predicted octanol–water partition coefficient (Wildman–Crippen LogP) is 4.17. The average molecular weight is 457 g/mol. The molecule has 0 spiro atoms. The number of hydrogen-bond acceptors (Lipinski definition) is 4. The first-order valence-corrected chi connectivity index (χ1v) is 11.5. The van der Waals surface area contributed by atoms with Gasteiger partial charge < -0.3 is 19.7 Å². The quantitative estimate of drug-likeness (QED) is 0.626. The van der Waals surface area contributed by atoms with Crippen LogP contribution in [0.5, 0.6) is 11.5 Å². The number of carbonyl (C=O) groups is 2. The lowest BCUT2D eigenvalue weighted by Gasteiger charge is -2.45. The summed E-state index contributed by atoms with van der Waals surface area (Å²) in [5, 5.41) is 3.13. The summed E-state index contributed by atoms with van der Waals surface area (Å²) >= 11 is 0. The highest BCUT2D eigenvalue weighted by molar-refractivity contribution is 6.01. The molecule has 6 nitrogen and oxygen atoms in total. The largest absolute Gasteiger partial charge is 0.493 e. The second-order valence-electron chi connectivity index (χ2n) is 8.87. The first-order valence-electron chi connectivity index (χ1n) is 11.5. The number of benzene rings is 3. The van der Waals surface area contributed by atoms with Crippen LogP contribution in [0.25, 0.3) is 0 Å². The van der Waals surface area contributed by atoms with Crippen LogP contribution in [0.3, 0.4) is 0 Å². The highest BCUT2D eigenvalue weighted by Crippen LogP contribution is 2.48. The normalized spacial score (nSPS) is 18.4. The van der Waals surface area contributed by atoms with Gasteiger partial charge in [-0.05, 0) is 53.8 Å². The summed E-state index contributed by atoms with van der Waals surface area (Å²) in [6.07, 6.45) is 0.692. The maximum Gasteiger partial charge on any atom is 0.254 e. The third-order valence-corrected chi connectivity index (χ3v) is 6.89. The maximum atomic E-state index is 13.7. The van der Waals surface area contributed by atoms with E-state index in [1.807, 2.05) is 72.5 Å². The van der Waals surface area contributed by atoms with E-state index in [2.05, 4.69) is 5.32 Å². The molecule has 0 radical (unpaired) electrons. The van der Waals surface area contributed by atoms with E-state index in [9.17, 15) is 9.59 Å². The van der Waals surface area contributed by atoms with Crippen molar-refractivity contribution in [2.24, 2.45) is 0 Å². The molecule has 2 amide bonds. The molecule has 0 unspecified atom stereocenters. The Balaban J connectivity index is 1.57. The number of rotatable bonds is 5. The van der Waals surface area contributed by atoms with Gasteiger partial charge in [0.15, 0.2) is 11.5 Å². The fourth-order valence-electron chi connectivity index (χ4n) is 5.14. The third kappa shape index (κ3) is 3.69. The van der Waals surface area contributed by atoms with Crippen molar-refractivity contribution < 1.29 is 19.1 Å². The van der Waals surface area contributed by atoms with Crippen LogP contribution in [-0.4, -0.2) is 37.5 Å². The zero-order valence-electron chi connectivity index (χ0n) is 19.6. The lowest BCUT2D eigenvalue weighted by molar-refractivity contribution is -0.124. The molecule has 2 heterocycles. The molecular formula is C28H28N2O4. The number of amides is 2. The van der Waals surface area contributed by atoms with Crippen molar-refractivity contribution in [3.63, 3.8) is 0 Å². The first-order chi connectivity index (χ1) is 16.5. The van der Waals surface area contributed by atoms with Gasteiger partial charge in [-0.15, -0.1) is 0 Å². The number of hydrogen-bond donors (Lipinski definition) is 1. The van der Waals surface area contributed by atoms with Crippen LogP contribution in [0.1, 0.15) is 50.1 Å². The minimum Gasteiger partial charge on any atom is -0.493 e. The topological polar surface area (TPSA) is 67.9 Å². The second kappa shape index (κ2) is 8.86. The number of nitrogens with zero attached hydrogens (tertiary/aromatic N) is 1. The molecule has 2 aliphatic rings. The molecule has 3 aromatic rings. The second-order valence-corrected chi connectivity index (χ2v) is 8.87. The number of fused-ring (bicyclic) bond motifs is 4. The summed E-state index contributed by atoms with van der Waals surface area (Å²) < 4.78 is 11.1. The minimum atomic E-state index is -0.531. The standard InChI is InChI=1S/C28H28N2O4/c1-17-8-10-18(11-9-17)16-29-27(31)25-20-6-4-5-7-21(20)28(32)30-13-12-19-14-23(33-2)24(34-3)15-22(19)26(25)30/h4-11,14-15,25-26H,12-13,16H2,1-3H3,(H,29,31)/t25-,26+/m1/s1. The van der Waals surface area contributed by atoms with Gasteiger partial charge in [0, 0.05) is 18.7 Å². The van der Waals surface area contributed by atoms with E-state index in [4.69, 9.17) is 9.47 Å². The molecule has 0 aromatic heterocycles. The van der Waals surface area contributed by atoms with Gasteiger partial charge in [-0.1, -0.05) is 48.0 Å². The molecule has 2 aliphatic heterocycles. The molecule has 34 heavy (non-hydrogen) atoms. The van der Waals surface area contributed by atoms with Gasteiger partial charge in [-0.3, -0.25) is 9.59 Å². The van der Waals surface area contributed by atoms with Gasteiger partial charge in [-0.2, -0.15) is 0 Å². The van der Waals surface area contributed by atoms with E-state index in [-0.39, 0.29) is 11.8 Å². The first kappa shape index (κ1) is 22.0. The van der Waals surface area contributed by atoms with E-state index in [1.165, 1.54) is 5.56 Å². The molecule has 0 fully saturated rings. The predicted molar refractivity (Wildman–Crippen MR) is 129 cm³/mol. The van der Waals surface area contributed by atoms with Crippen LogP contribution < -0.4 is 14.8 Å². The summed E-state index contributed by atoms with van der Waals surface area (Å²) in [6.45, 7) is 3.01. The number of carbonyl (C=O) groups excluding carboxylic acids is 2.